The molecule has 154 valence electrons. The summed E-state index contributed by atoms with van der Waals surface area (Å²) in [7, 11) is 1.31. The molecule has 0 radical (unpaired) electrons. The van der Waals surface area contributed by atoms with Gasteiger partial charge < -0.3 is 19.6 Å². The van der Waals surface area contributed by atoms with Gasteiger partial charge in [-0.3, -0.25) is 20.2 Å². The Morgan fingerprint density at radius 2 is 2.03 bits per heavy atom. The smallest absolute Gasteiger partial charge is 0.311 e. The predicted molar refractivity (Wildman–Crippen MR) is 113 cm³/mol. The van der Waals surface area contributed by atoms with E-state index in [0.717, 1.165) is 11.6 Å². The first-order valence-corrected chi connectivity index (χ1v) is 9.07. The van der Waals surface area contributed by atoms with Crippen LogP contribution in [0.15, 0.2) is 59.0 Å². The maximum Gasteiger partial charge on any atom is 0.311 e. The maximum atomic E-state index is 12.4. The van der Waals surface area contributed by atoms with Gasteiger partial charge in [-0.05, 0) is 48.6 Å². The van der Waals surface area contributed by atoms with Gasteiger partial charge in [0, 0.05) is 22.9 Å². The van der Waals surface area contributed by atoms with Gasteiger partial charge in [-0.15, -0.1) is 0 Å². The predicted octanol–water partition coefficient (Wildman–Crippen LogP) is 3.48. The molecule has 1 heterocycles. The Labute approximate surface area is 176 Å². The summed E-state index contributed by atoms with van der Waals surface area (Å²) in [5, 5.41) is 25.6. The van der Waals surface area contributed by atoms with E-state index >= 15 is 0 Å². The lowest BCUT2D eigenvalue weighted by Gasteiger charge is -2.11. The molecule has 0 aliphatic heterocycles. The van der Waals surface area contributed by atoms with Crippen LogP contribution in [0.3, 0.4) is 0 Å². The number of nitro groups is 1. The lowest BCUT2D eigenvalue weighted by Crippen LogP contribution is -2.34. The van der Waals surface area contributed by atoms with Crippen molar-refractivity contribution in [2.45, 2.75) is 6.61 Å². The molecule has 3 rings (SSSR count). The average molecular weight is 427 g/mol. The van der Waals surface area contributed by atoms with E-state index in [2.05, 4.69) is 10.6 Å². The molecule has 30 heavy (non-hydrogen) atoms. The minimum absolute atomic E-state index is 0.0195. The number of hydrogen-bond acceptors (Lipinski definition) is 7. The normalized spacial score (nSPS) is 10.3. The Bertz CT molecular complexity index is 1110. The van der Waals surface area contributed by atoms with Crippen molar-refractivity contribution in [3.8, 4) is 17.1 Å². The van der Waals surface area contributed by atoms with Crippen LogP contribution in [0.25, 0.3) is 11.3 Å². The zero-order valence-electron chi connectivity index (χ0n) is 15.7. The Balaban J connectivity index is 1.70. The molecular formula is C20H17N3O6S. The first kappa shape index (κ1) is 21.0. The molecule has 3 aromatic rings. The van der Waals surface area contributed by atoms with Gasteiger partial charge in [-0.2, -0.15) is 0 Å². The fourth-order valence-corrected chi connectivity index (χ4v) is 2.89. The van der Waals surface area contributed by atoms with Crippen molar-refractivity contribution in [1.29, 1.82) is 0 Å². The number of rotatable bonds is 6. The minimum Gasteiger partial charge on any atom is -0.490 e. The number of carbonyl (C=O) groups excluding carboxylic acids is 1. The summed E-state index contributed by atoms with van der Waals surface area (Å²) < 4.78 is 10.4. The highest BCUT2D eigenvalue weighted by Crippen LogP contribution is 2.28. The van der Waals surface area contributed by atoms with Crippen molar-refractivity contribution in [3.05, 3.63) is 76.0 Å². The third kappa shape index (κ3) is 4.80. The molecule has 9 nitrogen and oxygen atoms in total. The number of amides is 1. The molecule has 10 heteroatoms. The highest BCUT2D eigenvalue weighted by molar-refractivity contribution is 7.80. The number of thiocarbonyl (C=S) groups is 1. The molecule has 1 amide bonds. The number of aliphatic hydroxyl groups is 1. The topological polar surface area (TPSA) is 127 Å². The molecule has 2 aromatic carbocycles. The molecule has 0 aliphatic rings. The number of furan rings is 1. The van der Waals surface area contributed by atoms with Crippen molar-refractivity contribution < 1.29 is 24.0 Å². The van der Waals surface area contributed by atoms with Crippen molar-refractivity contribution in [1.82, 2.24) is 5.32 Å². The van der Waals surface area contributed by atoms with Gasteiger partial charge in [0.25, 0.3) is 5.91 Å². The standard InChI is InChI=1S/C20H17N3O6S/c1-28-18-7-5-13(10-16(18)23(26)27)19(25)22-20(30)21-14-4-2-3-12(9-14)17-8-6-15(11-24)29-17/h2-10,24H,11H2,1H3,(H2,21,22,25,30). The molecule has 0 bridgehead atoms. The van der Waals surface area contributed by atoms with Gasteiger partial charge in [-0.1, -0.05) is 12.1 Å². The van der Waals surface area contributed by atoms with Crippen molar-refractivity contribution in [3.63, 3.8) is 0 Å². The average Bonchev–Trinajstić information content (AvgIpc) is 3.22. The molecule has 0 unspecified atom stereocenters. The highest BCUT2D eigenvalue weighted by atomic mass is 32.1. The van der Waals surface area contributed by atoms with E-state index in [1.807, 2.05) is 6.07 Å². The summed E-state index contributed by atoms with van der Waals surface area (Å²) in [6, 6.07) is 14.4. The van der Waals surface area contributed by atoms with E-state index in [9.17, 15) is 14.9 Å². The Kier molecular flexibility index (Phi) is 6.40. The van der Waals surface area contributed by atoms with Crippen molar-refractivity contribution >= 4 is 34.6 Å². The van der Waals surface area contributed by atoms with Gasteiger partial charge in [0.05, 0.1) is 12.0 Å². The second-order valence-corrected chi connectivity index (χ2v) is 6.47. The van der Waals surface area contributed by atoms with Crippen LogP contribution in [-0.4, -0.2) is 28.2 Å². The number of methoxy groups -OCH3 is 1. The fourth-order valence-electron chi connectivity index (χ4n) is 2.68. The van der Waals surface area contributed by atoms with Gasteiger partial charge >= 0.3 is 5.69 Å². The summed E-state index contributed by atoms with van der Waals surface area (Å²) in [5.74, 6) is 0.465. The van der Waals surface area contributed by atoms with Gasteiger partial charge in [0.1, 0.15) is 18.1 Å². The fraction of sp³-hybridized carbons (Fsp3) is 0.100. The second-order valence-electron chi connectivity index (χ2n) is 6.06. The van der Waals surface area contributed by atoms with E-state index in [1.54, 1.807) is 30.3 Å². The molecule has 0 atom stereocenters. The van der Waals surface area contributed by atoms with Crippen LogP contribution in [0, 0.1) is 10.1 Å². The van der Waals surface area contributed by atoms with Crippen LogP contribution >= 0.6 is 12.2 Å². The SMILES string of the molecule is COc1ccc(C(=O)NC(=S)Nc2cccc(-c3ccc(CO)o3)c2)cc1[N+](=O)[O-]. The number of nitrogens with one attached hydrogen (secondary N) is 2. The lowest BCUT2D eigenvalue weighted by molar-refractivity contribution is -0.385. The number of nitro benzene ring substituents is 1. The zero-order valence-corrected chi connectivity index (χ0v) is 16.6. The van der Waals surface area contributed by atoms with Crippen LogP contribution in [0.5, 0.6) is 5.75 Å². The van der Waals surface area contributed by atoms with Crippen LogP contribution in [0.2, 0.25) is 0 Å². The van der Waals surface area contributed by atoms with Crippen LogP contribution < -0.4 is 15.4 Å². The minimum atomic E-state index is -0.630. The third-order valence-electron chi connectivity index (χ3n) is 4.09. The van der Waals surface area contributed by atoms with Gasteiger partial charge in [0.2, 0.25) is 0 Å². The number of benzene rings is 2. The van der Waals surface area contributed by atoms with Crippen LogP contribution in [-0.2, 0) is 6.61 Å². The molecule has 0 spiro atoms. The highest BCUT2D eigenvalue weighted by Gasteiger charge is 2.18. The Morgan fingerprint density at radius 3 is 2.70 bits per heavy atom. The van der Waals surface area contributed by atoms with E-state index in [1.165, 1.54) is 19.2 Å². The Morgan fingerprint density at radius 1 is 1.23 bits per heavy atom. The van der Waals surface area contributed by atoms with Gasteiger partial charge in [-0.25, -0.2) is 0 Å². The van der Waals surface area contributed by atoms with Crippen molar-refractivity contribution in [2.75, 3.05) is 12.4 Å². The van der Waals surface area contributed by atoms with E-state index in [4.69, 9.17) is 26.5 Å². The maximum absolute atomic E-state index is 12.4. The summed E-state index contributed by atoms with van der Waals surface area (Å²) in [5.41, 5.74) is 1.09. The molecule has 0 saturated heterocycles. The number of hydrogen-bond donors (Lipinski definition) is 3. The van der Waals surface area contributed by atoms with E-state index < -0.39 is 10.8 Å². The number of anilines is 1. The monoisotopic (exact) mass is 427 g/mol. The molecular weight excluding hydrogens is 410 g/mol. The van der Waals surface area contributed by atoms with E-state index in [0.29, 0.717) is 17.2 Å². The molecule has 1 aromatic heterocycles. The quantitative estimate of drug-likeness (QED) is 0.310. The Hall–Kier alpha value is -3.76. The number of ether oxygens (including phenoxy) is 1. The zero-order chi connectivity index (χ0) is 21.7. The summed E-state index contributed by atoms with van der Waals surface area (Å²) >= 11 is 5.17. The van der Waals surface area contributed by atoms with Crippen LogP contribution in [0.1, 0.15) is 16.1 Å². The number of nitrogens with zero attached hydrogens (tertiary/aromatic N) is 1. The number of aliphatic hydroxyl groups excluding tert-OH is 1. The van der Waals surface area contributed by atoms with Crippen LogP contribution in [0.4, 0.5) is 11.4 Å². The molecule has 0 saturated carbocycles. The molecule has 0 fully saturated rings. The summed E-state index contributed by atoms with van der Waals surface area (Å²) in [6.45, 7) is -0.197. The molecule has 0 aliphatic carbocycles. The lowest BCUT2D eigenvalue weighted by atomic mass is 10.1. The summed E-state index contributed by atoms with van der Waals surface area (Å²) in [4.78, 5) is 22.9. The third-order valence-corrected chi connectivity index (χ3v) is 4.29. The second kappa shape index (κ2) is 9.16. The van der Waals surface area contributed by atoms with Gasteiger partial charge in [0.15, 0.2) is 10.9 Å². The number of carbonyl (C=O) groups is 1. The first-order valence-electron chi connectivity index (χ1n) is 8.66. The van der Waals surface area contributed by atoms with Crippen molar-refractivity contribution in [2.24, 2.45) is 0 Å². The summed E-state index contributed by atoms with van der Waals surface area (Å²) in [6.07, 6.45) is 0. The first-order chi connectivity index (χ1) is 14.4. The largest absolute Gasteiger partial charge is 0.490 e. The van der Waals surface area contributed by atoms with E-state index in [-0.39, 0.29) is 28.7 Å². The molecule has 3 N–H and O–H groups in total.